The molecule has 2 fully saturated rings. The monoisotopic (exact) mass is 446 g/mol. The Morgan fingerprint density at radius 1 is 1.17 bits per heavy atom. The second kappa shape index (κ2) is 7.32. The van der Waals surface area contributed by atoms with Crippen molar-refractivity contribution >= 4 is 24.4 Å². The van der Waals surface area contributed by atoms with Gasteiger partial charge in [-0.15, -0.1) is 12.4 Å². The Labute approximate surface area is 179 Å². The van der Waals surface area contributed by atoms with Gasteiger partial charge in [0.15, 0.2) is 0 Å². The maximum absolute atomic E-state index is 13.8. The number of alkyl halides is 3. The molecule has 0 N–H and O–H groups in total. The fourth-order valence-corrected chi connectivity index (χ4v) is 4.34. The van der Waals surface area contributed by atoms with E-state index in [1.165, 1.54) is 9.80 Å². The second-order valence-electron chi connectivity index (χ2n) is 9.29. The van der Waals surface area contributed by atoms with Crippen LogP contribution in [0, 0.1) is 5.92 Å². The van der Waals surface area contributed by atoms with Crippen molar-refractivity contribution in [2.24, 2.45) is 5.92 Å². The number of nitrogens with zero attached hydrogens (tertiary/aromatic N) is 2. The average molecular weight is 447 g/mol. The van der Waals surface area contributed by atoms with Gasteiger partial charge in [-0.2, -0.15) is 13.2 Å². The molecule has 0 bridgehead atoms. The van der Waals surface area contributed by atoms with E-state index in [-0.39, 0.29) is 43.5 Å². The summed E-state index contributed by atoms with van der Waals surface area (Å²) >= 11 is 0. The van der Waals surface area contributed by atoms with Crippen molar-refractivity contribution in [1.29, 1.82) is 0 Å². The summed E-state index contributed by atoms with van der Waals surface area (Å²) in [6.45, 7) is 7.84. The molecule has 5 nitrogen and oxygen atoms in total. The van der Waals surface area contributed by atoms with Crippen LogP contribution in [0.3, 0.4) is 0 Å². The van der Waals surface area contributed by atoms with Crippen LogP contribution >= 0.6 is 12.4 Å². The number of carbonyl (C=O) groups is 2. The first-order valence-corrected chi connectivity index (χ1v) is 9.91. The van der Waals surface area contributed by atoms with E-state index in [1.54, 1.807) is 26.8 Å². The summed E-state index contributed by atoms with van der Waals surface area (Å²) in [5, 5.41) is 0. The minimum absolute atomic E-state index is 0. The second-order valence-corrected chi connectivity index (χ2v) is 9.29. The fourth-order valence-electron chi connectivity index (χ4n) is 4.34. The molecule has 2 amide bonds. The topological polar surface area (TPSA) is 49.9 Å². The molecule has 0 unspecified atom stereocenters. The van der Waals surface area contributed by atoms with Crippen molar-refractivity contribution < 1.29 is 27.5 Å². The molecule has 1 aromatic rings. The van der Waals surface area contributed by atoms with Gasteiger partial charge in [0.1, 0.15) is 5.60 Å². The first-order valence-electron chi connectivity index (χ1n) is 9.91. The minimum atomic E-state index is -4.60. The molecule has 0 aromatic heterocycles. The van der Waals surface area contributed by atoms with Crippen LogP contribution in [-0.4, -0.2) is 47.0 Å². The van der Waals surface area contributed by atoms with Crippen LogP contribution in [0.25, 0.3) is 0 Å². The van der Waals surface area contributed by atoms with Crippen LogP contribution < -0.4 is 0 Å². The number of amides is 2. The lowest BCUT2D eigenvalue weighted by atomic mass is 9.93. The number of hydrogen-bond donors (Lipinski definition) is 0. The molecular weight excluding hydrogens is 421 g/mol. The van der Waals surface area contributed by atoms with E-state index in [0.717, 1.165) is 12.5 Å². The Morgan fingerprint density at radius 3 is 2.33 bits per heavy atom. The number of halogens is 4. The molecule has 9 heteroatoms. The maximum Gasteiger partial charge on any atom is 0.417 e. The van der Waals surface area contributed by atoms with Crippen molar-refractivity contribution in [3.63, 3.8) is 0 Å². The van der Waals surface area contributed by atoms with E-state index < -0.39 is 35.4 Å². The summed E-state index contributed by atoms with van der Waals surface area (Å²) in [6.07, 6.45) is -4.27. The summed E-state index contributed by atoms with van der Waals surface area (Å²) in [6, 6.07) is 2.32. The van der Waals surface area contributed by atoms with Crippen molar-refractivity contribution in [1.82, 2.24) is 9.80 Å². The highest BCUT2D eigenvalue weighted by Gasteiger charge is 2.49. The van der Waals surface area contributed by atoms with Crippen molar-refractivity contribution in [3.8, 4) is 0 Å². The normalized spacial score (nSPS) is 25.4. The van der Waals surface area contributed by atoms with E-state index in [9.17, 15) is 22.8 Å². The molecule has 3 aliphatic rings. The Bertz CT molecular complexity index is 881. The van der Waals surface area contributed by atoms with Crippen LogP contribution in [0.5, 0.6) is 0 Å². The summed E-state index contributed by atoms with van der Waals surface area (Å²) in [5.74, 6) is -0.167. The number of piperazine rings is 1. The van der Waals surface area contributed by atoms with Gasteiger partial charge < -0.3 is 14.5 Å². The van der Waals surface area contributed by atoms with Crippen LogP contribution in [0.2, 0.25) is 0 Å². The molecule has 2 aliphatic heterocycles. The number of fused-ring (bicyclic) bond motifs is 3. The smallest absolute Gasteiger partial charge is 0.417 e. The molecule has 0 spiro atoms. The summed E-state index contributed by atoms with van der Waals surface area (Å²) in [4.78, 5) is 28.3. The molecule has 1 aliphatic carbocycles. The van der Waals surface area contributed by atoms with Crippen molar-refractivity contribution in [3.05, 3.63) is 34.4 Å². The van der Waals surface area contributed by atoms with Crippen molar-refractivity contribution in [2.45, 2.75) is 57.9 Å². The quantitative estimate of drug-likeness (QED) is 0.610. The predicted octanol–water partition coefficient (Wildman–Crippen LogP) is 5.00. The SMILES string of the molecule is C[C@@H]1C[C@@H]1c1cc2c(c(C(F)(F)F)c1)C(=O)N1CCN(C(=O)OC(C)(C)C)C[C@@H]21.Cl. The van der Waals surface area contributed by atoms with Gasteiger partial charge in [-0.05, 0) is 56.2 Å². The van der Waals surface area contributed by atoms with Gasteiger partial charge in [-0.1, -0.05) is 13.0 Å². The van der Waals surface area contributed by atoms with E-state index in [0.29, 0.717) is 17.0 Å². The van der Waals surface area contributed by atoms with Crippen LogP contribution in [0.4, 0.5) is 18.0 Å². The Morgan fingerprint density at radius 2 is 1.80 bits per heavy atom. The largest absolute Gasteiger partial charge is 0.444 e. The van der Waals surface area contributed by atoms with Gasteiger partial charge in [-0.25, -0.2) is 4.79 Å². The molecule has 0 radical (unpaired) electrons. The lowest BCUT2D eigenvalue weighted by Crippen LogP contribution is -2.50. The number of carbonyl (C=O) groups excluding carboxylic acids is 2. The number of hydrogen-bond acceptors (Lipinski definition) is 3. The molecular formula is C21H26ClF3N2O3. The molecule has 4 rings (SSSR count). The molecule has 3 atom stereocenters. The molecule has 1 aromatic carbocycles. The Balaban J connectivity index is 0.00000256. The van der Waals surface area contributed by atoms with Gasteiger partial charge in [-0.3, -0.25) is 4.79 Å². The van der Waals surface area contributed by atoms with Gasteiger partial charge in [0.25, 0.3) is 5.91 Å². The van der Waals surface area contributed by atoms with Gasteiger partial charge >= 0.3 is 12.3 Å². The maximum atomic E-state index is 13.8. The van der Waals surface area contributed by atoms with Gasteiger partial charge in [0.2, 0.25) is 0 Å². The number of rotatable bonds is 1. The first kappa shape index (κ1) is 22.7. The molecule has 2 heterocycles. The molecule has 1 saturated carbocycles. The number of benzene rings is 1. The zero-order chi connectivity index (χ0) is 21.3. The van der Waals surface area contributed by atoms with Crippen molar-refractivity contribution in [2.75, 3.05) is 19.6 Å². The summed E-state index contributed by atoms with van der Waals surface area (Å²) in [7, 11) is 0. The summed E-state index contributed by atoms with van der Waals surface area (Å²) in [5.41, 5.74) is -0.770. The molecule has 166 valence electrons. The third-order valence-electron chi connectivity index (χ3n) is 5.90. The third kappa shape index (κ3) is 3.98. The zero-order valence-electron chi connectivity index (χ0n) is 17.4. The van der Waals surface area contributed by atoms with Gasteiger partial charge in [0.05, 0.1) is 17.2 Å². The highest BCUT2D eigenvalue weighted by atomic mass is 35.5. The van der Waals surface area contributed by atoms with E-state index in [1.807, 2.05) is 6.92 Å². The van der Waals surface area contributed by atoms with E-state index in [4.69, 9.17) is 4.74 Å². The average Bonchev–Trinajstić information content (AvgIpc) is 3.27. The third-order valence-corrected chi connectivity index (χ3v) is 5.90. The number of ether oxygens (including phenoxy) is 1. The van der Waals surface area contributed by atoms with Crippen LogP contribution in [0.15, 0.2) is 12.1 Å². The minimum Gasteiger partial charge on any atom is -0.444 e. The highest BCUT2D eigenvalue weighted by molar-refractivity contribution is 6.01. The Hall–Kier alpha value is -1.96. The molecule has 30 heavy (non-hydrogen) atoms. The molecule has 1 saturated heterocycles. The first-order chi connectivity index (χ1) is 13.4. The fraction of sp³-hybridized carbons (Fsp3) is 0.619. The van der Waals surface area contributed by atoms with Crippen LogP contribution in [-0.2, 0) is 10.9 Å². The lowest BCUT2D eigenvalue weighted by Gasteiger charge is -2.38. The van der Waals surface area contributed by atoms with Crippen LogP contribution in [0.1, 0.15) is 73.1 Å². The van der Waals surface area contributed by atoms with Gasteiger partial charge in [0, 0.05) is 19.6 Å². The Kier molecular flexibility index (Phi) is 5.55. The lowest BCUT2D eigenvalue weighted by molar-refractivity contribution is -0.138. The predicted molar refractivity (Wildman–Crippen MR) is 107 cm³/mol. The highest BCUT2D eigenvalue weighted by Crippen LogP contribution is 2.51. The summed E-state index contributed by atoms with van der Waals surface area (Å²) < 4.78 is 46.8. The van der Waals surface area contributed by atoms with E-state index >= 15 is 0 Å². The zero-order valence-corrected chi connectivity index (χ0v) is 18.2. The standard InChI is InChI=1S/C21H25F3N2O3.ClH/c1-11-7-13(11)12-8-14-16-10-25(19(28)29-20(2,3)4)5-6-26(16)18(27)17(14)15(9-12)21(22,23)24;/h8-9,11,13,16H,5-7,10H2,1-4H3;1H/t11-,13+,16+;/m1./s1. The van der Waals surface area contributed by atoms with E-state index in [2.05, 4.69) is 0 Å².